The third-order valence-electron chi connectivity index (χ3n) is 6.62. The number of amides is 2. The van der Waals surface area contributed by atoms with Crippen LogP contribution < -0.4 is 10.6 Å². The zero-order chi connectivity index (χ0) is 23.7. The fourth-order valence-corrected chi connectivity index (χ4v) is 5.20. The molecule has 174 valence electrons. The molecule has 1 atom stereocenters. The van der Waals surface area contributed by atoms with E-state index >= 15 is 0 Å². The summed E-state index contributed by atoms with van der Waals surface area (Å²) < 4.78 is 2.79. The number of nitrogens with zero attached hydrogens (tertiary/aromatic N) is 2. The molecule has 0 radical (unpaired) electrons. The molecule has 0 spiro atoms. The molecule has 5 rings (SSSR count). The van der Waals surface area contributed by atoms with Crippen molar-refractivity contribution in [2.75, 3.05) is 0 Å². The van der Waals surface area contributed by atoms with Crippen LogP contribution in [-0.2, 0) is 10.3 Å². The molecular weight excluding hydrogens is 494 g/mol. The topological polar surface area (TPSA) is 91.8 Å². The van der Waals surface area contributed by atoms with E-state index < -0.39 is 5.54 Å². The first-order valence-electron chi connectivity index (χ1n) is 11.4. The number of benzene rings is 2. The minimum Gasteiger partial charge on any atom is -0.350 e. The number of H-pyrrole nitrogens is 1. The van der Waals surface area contributed by atoms with Crippen LogP contribution in [0.25, 0.3) is 10.9 Å². The summed E-state index contributed by atoms with van der Waals surface area (Å²) in [7, 11) is 0. The smallest absolute Gasteiger partial charge is 0.267 e. The van der Waals surface area contributed by atoms with Gasteiger partial charge in [0.15, 0.2) is 0 Å². The predicted molar refractivity (Wildman–Crippen MR) is 134 cm³/mol. The van der Waals surface area contributed by atoms with Crippen LogP contribution in [0.15, 0.2) is 77.8 Å². The fraction of sp³-hybridized carbons (Fsp3) is 0.269. The summed E-state index contributed by atoms with van der Waals surface area (Å²) >= 11 is 3.46. The van der Waals surface area contributed by atoms with Gasteiger partial charge in [0, 0.05) is 33.8 Å². The van der Waals surface area contributed by atoms with Gasteiger partial charge in [-0.15, -0.1) is 0 Å². The number of imidazole rings is 1. The van der Waals surface area contributed by atoms with Gasteiger partial charge in [-0.05, 0) is 43.0 Å². The number of carbonyl (C=O) groups is 2. The van der Waals surface area contributed by atoms with Gasteiger partial charge in [0.1, 0.15) is 11.7 Å². The Kier molecular flexibility index (Phi) is 6.00. The first-order chi connectivity index (χ1) is 16.5. The second kappa shape index (κ2) is 9.10. The molecule has 1 aliphatic carbocycles. The van der Waals surface area contributed by atoms with Crippen molar-refractivity contribution in [3.05, 3.63) is 89.0 Å². The molecule has 1 aliphatic rings. The molecule has 2 amide bonds. The van der Waals surface area contributed by atoms with E-state index in [-0.39, 0.29) is 23.9 Å². The normalized spacial score (nSPS) is 20.5. The second-order valence-electron chi connectivity index (χ2n) is 8.86. The number of rotatable bonds is 7. The van der Waals surface area contributed by atoms with Crippen LogP contribution in [0.1, 0.15) is 48.3 Å². The van der Waals surface area contributed by atoms with Gasteiger partial charge in [-0.1, -0.05) is 59.3 Å². The molecule has 1 saturated carbocycles. The number of fused-ring (bicyclic) bond motifs is 1. The number of halogens is 1. The standard InChI is InChI=1S/C26H26BrN5O2/c1-2-23(32-11-10-28-16-32)25(34)31-26(18-6-4-3-5-7-18)14-20(15-26)29-24(33)22-12-17-8-9-19(27)13-21(17)30-22/h3-13,16,20,23,30H,2,14-15H2,1H3,(H,29,33)(H,31,34). The van der Waals surface area contributed by atoms with E-state index in [9.17, 15) is 9.59 Å². The summed E-state index contributed by atoms with van der Waals surface area (Å²) in [5.74, 6) is -0.189. The number of aromatic amines is 1. The van der Waals surface area contributed by atoms with Crippen LogP contribution in [0.2, 0.25) is 0 Å². The Morgan fingerprint density at radius 2 is 2.00 bits per heavy atom. The maximum Gasteiger partial charge on any atom is 0.267 e. The maximum atomic E-state index is 13.3. The molecule has 1 fully saturated rings. The molecule has 7 nitrogen and oxygen atoms in total. The first kappa shape index (κ1) is 22.4. The third-order valence-corrected chi connectivity index (χ3v) is 7.11. The lowest BCUT2D eigenvalue weighted by Crippen LogP contribution is -2.62. The lowest BCUT2D eigenvalue weighted by Gasteiger charge is -2.49. The Morgan fingerprint density at radius 1 is 1.21 bits per heavy atom. The minimum absolute atomic E-state index is 0.0422. The highest BCUT2D eigenvalue weighted by Crippen LogP contribution is 2.42. The van der Waals surface area contributed by atoms with Crippen molar-refractivity contribution in [2.45, 2.75) is 43.8 Å². The Labute approximate surface area is 206 Å². The van der Waals surface area contributed by atoms with E-state index in [1.54, 1.807) is 12.5 Å². The van der Waals surface area contributed by atoms with Crippen LogP contribution >= 0.6 is 15.9 Å². The van der Waals surface area contributed by atoms with E-state index in [1.165, 1.54) is 0 Å². The van der Waals surface area contributed by atoms with E-state index in [0.717, 1.165) is 20.9 Å². The second-order valence-corrected chi connectivity index (χ2v) is 9.78. The average molecular weight is 520 g/mol. The summed E-state index contributed by atoms with van der Waals surface area (Å²) in [5, 5.41) is 7.42. The average Bonchev–Trinajstić information content (AvgIpc) is 3.48. The molecule has 0 bridgehead atoms. The van der Waals surface area contributed by atoms with Crippen molar-refractivity contribution in [1.29, 1.82) is 0 Å². The molecule has 2 aromatic carbocycles. The Balaban J connectivity index is 1.31. The van der Waals surface area contributed by atoms with Crippen LogP contribution in [0, 0.1) is 0 Å². The summed E-state index contributed by atoms with van der Waals surface area (Å²) in [6, 6.07) is 17.3. The molecule has 8 heteroatoms. The van der Waals surface area contributed by atoms with Crippen molar-refractivity contribution in [3.63, 3.8) is 0 Å². The van der Waals surface area contributed by atoms with Gasteiger partial charge in [-0.3, -0.25) is 9.59 Å². The first-order valence-corrected chi connectivity index (χ1v) is 12.2. The summed E-state index contributed by atoms with van der Waals surface area (Å²) in [5.41, 5.74) is 1.96. The van der Waals surface area contributed by atoms with Gasteiger partial charge in [-0.25, -0.2) is 4.98 Å². The number of aromatic nitrogens is 3. The summed E-state index contributed by atoms with van der Waals surface area (Å²) in [4.78, 5) is 33.5. The SMILES string of the molecule is CCC(C(=O)NC1(c2ccccc2)CC(NC(=O)c2cc3ccc(Br)cc3[nH]2)C1)n1ccnc1. The monoisotopic (exact) mass is 519 g/mol. The lowest BCUT2D eigenvalue weighted by atomic mass is 9.68. The van der Waals surface area contributed by atoms with E-state index in [1.807, 2.05) is 72.3 Å². The Morgan fingerprint density at radius 3 is 2.71 bits per heavy atom. The van der Waals surface area contributed by atoms with Crippen LogP contribution in [0.3, 0.4) is 0 Å². The predicted octanol–water partition coefficient (Wildman–Crippen LogP) is 4.68. The summed E-state index contributed by atoms with van der Waals surface area (Å²) in [6.07, 6.45) is 7.07. The third kappa shape index (κ3) is 4.25. The fourth-order valence-electron chi connectivity index (χ4n) is 4.84. The highest BCUT2D eigenvalue weighted by Gasteiger charge is 2.48. The van der Waals surface area contributed by atoms with Crippen molar-refractivity contribution in [2.24, 2.45) is 0 Å². The van der Waals surface area contributed by atoms with E-state index in [2.05, 4.69) is 36.5 Å². The number of hydrogen-bond donors (Lipinski definition) is 3. The van der Waals surface area contributed by atoms with Gasteiger partial charge >= 0.3 is 0 Å². The highest BCUT2D eigenvalue weighted by atomic mass is 79.9. The molecule has 34 heavy (non-hydrogen) atoms. The Bertz CT molecular complexity index is 1310. The number of carbonyl (C=O) groups excluding carboxylic acids is 2. The van der Waals surface area contributed by atoms with Gasteiger partial charge in [-0.2, -0.15) is 0 Å². The minimum atomic E-state index is -0.518. The molecule has 1 unspecified atom stereocenters. The van der Waals surface area contributed by atoms with Gasteiger partial charge in [0.2, 0.25) is 5.91 Å². The van der Waals surface area contributed by atoms with Crippen molar-refractivity contribution < 1.29 is 9.59 Å². The van der Waals surface area contributed by atoms with Crippen LogP contribution in [-0.4, -0.2) is 32.4 Å². The van der Waals surface area contributed by atoms with Crippen molar-refractivity contribution in [1.82, 2.24) is 25.2 Å². The molecule has 4 aromatic rings. The van der Waals surface area contributed by atoms with E-state index in [0.29, 0.717) is 25.0 Å². The largest absolute Gasteiger partial charge is 0.350 e. The number of nitrogens with one attached hydrogen (secondary N) is 3. The maximum absolute atomic E-state index is 13.3. The van der Waals surface area contributed by atoms with Gasteiger partial charge in [0.25, 0.3) is 5.91 Å². The highest BCUT2D eigenvalue weighted by molar-refractivity contribution is 9.10. The van der Waals surface area contributed by atoms with Gasteiger partial charge < -0.3 is 20.2 Å². The van der Waals surface area contributed by atoms with Crippen molar-refractivity contribution in [3.8, 4) is 0 Å². The molecule has 2 aromatic heterocycles. The quantitative estimate of drug-likeness (QED) is 0.331. The zero-order valence-corrected chi connectivity index (χ0v) is 20.4. The Hall–Kier alpha value is -3.39. The number of hydrogen-bond acceptors (Lipinski definition) is 3. The van der Waals surface area contributed by atoms with Crippen LogP contribution in [0.4, 0.5) is 0 Å². The van der Waals surface area contributed by atoms with Crippen molar-refractivity contribution >= 4 is 38.6 Å². The molecule has 2 heterocycles. The zero-order valence-electron chi connectivity index (χ0n) is 18.8. The van der Waals surface area contributed by atoms with Crippen LogP contribution in [0.5, 0.6) is 0 Å². The van der Waals surface area contributed by atoms with E-state index in [4.69, 9.17) is 0 Å². The summed E-state index contributed by atoms with van der Waals surface area (Å²) in [6.45, 7) is 1.99. The molecular formula is C26H26BrN5O2. The molecule has 0 aliphatic heterocycles. The molecule has 3 N–H and O–H groups in total. The molecule has 0 saturated heterocycles. The van der Waals surface area contributed by atoms with Gasteiger partial charge in [0.05, 0.1) is 11.9 Å². The lowest BCUT2D eigenvalue weighted by molar-refractivity contribution is -0.128.